The Morgan fingerprint density at radius 1 is 0.977 bits per heavy atom. The molecule has 2 saturated heterocycles. The third-order valence-electron chi connectivity index (χ3n) is 8.87. The van der Waals surface area contributed by atoms with Crippen molar-refractivity contribution >= 4 is 11.9 Å². The second-order valence-electron chi connectivity index (χ2n) is 11.4. The molecule has 44 heavy (non-hydrogen) atoms. The standard InChI is InChI=1S/C30H35F6N3O5/c1-18-5-3-4-6-22(18)25-23-16-28(7-11-40,8-12-41)26(43)38(23)9-10-39(25)27(44)37(2)24(17-42)19-13-20(29(31,32)33)15-21(14-19)30(34,35)36/h3-6,13-15,23-25,40-42H,7-12,16-17H2,1-2H3/t23?,24-,25+/m1/s1. The number of alkyl halides is 6. The van der Waals surface area contributed by atoms with Crippen LogP contribution in [-0.4, -0.2) is 88.0 Å². The van der Waals surface area contributed by atoms with Gasteiger partial charge < -0.3 is 30.0 Å². The number of halogens is 6. The SMILES string of the molecule is Cc1ccccc1[C@H]1C2CC(CCO)(CCO)C(=O)N2CCN1C(=O)N(C)[C@H](CO)c1cc(C(F)(F)F)cc(C(F)(F)F)c1. The number of carbonyl (C=O) groups is 2. The molecule has 2 aliphatic rings. The first-order chi connectivity index (χ1) is 20.6. The Morgan fingerprint density at radius 3 is 2.05 bits per heavy atom. The Balaban J connectivity index is 1.77. The van der Waals surface area contributed by atoms with Crippen molar-refractivity contribution in [3.8, 4) is 0 Å². The highest BCUT2D eigenvalue weighted by atomic mass is 19.4. The maximum absolute atomic E-state index is 14.1. The number of urea groups is 1. The summed E-state index contributed by atoms with van der Waals surface area (Å²) in [5, 5.41) is 29.7. The number of rotatable bonds is 8. The lowest BCUT2D eigenvalue weighted by Gasteiger charge is -2.47. The smallest absolute Gasteiger partial charge is 0.396 e. The van der Waals surface area contributed by atoms with Gasteiger partial charge >= 0.3 is 18.4 Å². The van der Waals surface area contributed by atoms with Crippen molar-refractivity contribution in [1.29, 1.82) is 0 Å². The van der Waals surface area contributed by atoms with Crippen molar-refractivity contribution in [1.82, 2.24) is 14.7 Å². The summed E-state index contributed by atoms with van der Waals surface area (Å²) in [6.45, 7) is 0.296. The van der Waals surface area contributed by atoms with E-state index in [1.54, 1.807) is 23.1 Å². The number of likely N-dealkylation sites (N-methyl/N-ethyl adjacent to an activating group) is 1. The van der Waals surface area contributed by atoms with Crippen LogP contribution in [0.25, 0.3) is 0 Å². The number of aryl methyl sites for hydroxylation is 1. The van der Waals surface area contributed by atoms with Gasteiger partial charge in [-0.15, -0.1) is 0 Å². The van der Waals surface area contributed by atoms with Crippen molar-refractivity contribution in [2.24, 2.45) is 5.41 Å². The summed E-state index contributed by atoms with van der Waals surface area (Å²) >= 11 is 0. The average Bonchev–Trinajstić information content (AvgIpc) is 3.23. The van der Waals surface area contributed by atoms with Gasteiger partial charge in [0, 0.05) is 33.4 Å². The van der Waals surface area contributed by atoms with Crippen LogP contribution in [0.5, 0.6) is 0 Å². The molecule has 3 N–H and O–H groups in total. The fourth-order valence-electron chi connectivity index (χ4n) is 6.60. The number of nitrogens with zero attached hydrogens (tertiary/aromatic N) is 3. The summed E-state index contributed by atoms with van der Waals surface area (Å²) in [7, 11) is 1.19. The van der Waals surface area contributed by atoms with Gasteiger partial charge in [-0.25, -0.2) is 4.79 Å². The number of carbonyl (C=O) groups excluding carboxylic acids is 2. The lowest BCUT2D eigenvalue weighted by Crippen LogP contribution is -2.58. The zero-order valence-corrected chi connectivity index (χ0v) is 24.2. The van der Waals surface area contributed by atoms with E-state index >= 15 is 0 Å². The van der Waals surface area contributed by atoms with Gasteiger partial charge in [0.15, 0.2) is 0 Å². The summed E-state index contributed by atoms with van der Waals surface area (Å²) in [5.41, 5.74) is -3.29. The van der Waals surface area contributed by atoms with E-state index in [-0.39, 0.29) is 57.5 Å². The van der Waals surface area contributed by atoms with Gasteiger partial charge in [0.25, 0.3) is 0 Å². The second kappa shape index (κ2) is 12.6. The summed E-state index contributed by atoms with van der Waals surface area (Å²) in [5.74, 6) is -0.262. The molecule has 0 radical (unpaired) electrons. The minimum atomic E-state index is -5.12. The zero-order valence-electron chi connectivity index (χ0n) is 24.2. The van der Waals surface area contributed by atoms with Gasteiger partial charge in [-0.3, -0.25) is 4.79 Å². The van der Waals surface area contributed by atoms with Gasteiger partial charge in [0.2, 0.25) is 5.91 Å². The molecule has 4 rings (SSSR count). The summed E-state index contributed by atoms with van der Waals surface area (Å²) in [4.78, 5) is 31.7. The molecule has 14 heteroatoms. The lowest BCUT2D eigenvalue weighted by molar-refractivity contribution is -0.143. The normalized spacial score (nSPS) is 20.9. The quantitative estimate of drug-likeness (QED) is 0.372. The molecular weight excluding hydrogens is 596 g/mol. The van der Waals surface area contributed by atoms with Crippen LogP contribution in [0.3, 0.4) is 0 Å². The van der Waals surface area contributed by atoms with Crippen molar-refractivity contribution in [3.63, 3.8) is 0 Å². The van der Waals surface area contributed by atoms with Gasteiger partial charge in [-0.05, 0) is 61.1 Å². The highest BCUT2D eigenvalue weighted by molar-refractivity contribution is 5.86. The number of aliphatic hydroxyl groups excluding tert-OH is 3. The van der Waals surface area contributed by atoms with Gasteiger partial charge in [0.05, 0.1) is 41.3 Å². The molecule has 2 fully saturated rings. The van der Waals surface area contributed by atoms with Crippen LogP contribution in [0.15, 0.2) is 42.5 Å². The molecule has 0 aliphatic carbocycles. The topological polar surface area (TPSA) is 105 Å². The van der Waals surface area contributed by atoms with E-state index < -0.39 is 65.2 Å². The number of fused-ring (bicyclic) bond motifs is 1. The molecule has 2 aromatic rings. The number of benzene rings is 2. The molecule has 0 aromatic heterocycles. The number of aliphatic hydroxyl groups is 3. The predicted molar refractivity (Wildman–Crippen MR) is 146 cm³/mol. The Kier molecular flexibility index (Phi) is 9.57. The highest BCUT2D eigenvalue weighted by Crippen LogP contribution is 2.49. The molecule has 2 heterocycles. The Labute approximate surface area is 250 Å². The Hall–Kier alpha value is -3.36. The second-order valence-corrected chi connectivity index (χ2v) is 11.4. The first-order valence-electron chi connectivity index (χ1n) is 14.1. The molecule has 8 nitrogen and oxygen atoms in total. The van der Waals surface area contributed by atoms with Crippen LogP contribution in [0, 0.1) is 12.3 Å². The third kappa shape index (κ3) is 6.24. The molecule has 2 aliphatic heterocycles. The number of amides is 3. The molecule has 3 amide bonds. The Bertz CT molecular complexity index is 1330. The zero-order chi connectivity index (χ0) is 32.6. The monoisotopic (exact) mass is 631 g/mol. The number of piperazine rings is 1. The van der Waals surface area contributed by atoms with Crippen LogP contribution in [0.4, 0.5) is 31.1 Å². The van der Waals surface area contributed by atoms with Crippen molar-refractivity contribution in [2.45, 2.75) is 56.7 Å². The van der Waals surface area contributed by atoms with Crippen LogP contribution in [0.2, 0.25) is 0 Å². The molecule has 3 atom stereocenters. The maximum atomic E-state index is 14.1. The third-order valence-corrected chi connectivity index (χ3v) is 8.87. The van der Waals surface area contributed by atoms with Gasteiger partial charge in [-0.2, -0.15) is 26.3 Å². The van der Waals surface area contributed by atoms with Crippen molar-refractivity contribution < 1.29 is 51.3 Å². The van der Waals surface area contributed by atoms with E-state index in [1.165, 1.54) is 11.9 Å². The molecular formula is C30H35F6N3O5. The van der Waals surface area contributed by atoms with Gasteiger partial charge in [-0.1, -0.05) is 24.3 Å². The first-order valence-corrected chi connectivity index (χ1v) is 14.1. The summed E-state index contributed by atoms with van der Waals surface area (Å²) < 4.78 is 81.5. The van der Waals surface area contributed by atoms with Crippen LogP contribution in [-0.2, 0) is 17.1 Å². The molecule has 2 aromatic carbocycles. The van der Waals surface area contributed by atoms with E-state index in [1.807, 2.05) is 13.0 Å². The van der Waals surface area contributed by atoms with E-state index in [9.17, 15) is 51.3 Å². The van der Waals surface area contributed by atoms with Crippen LogP contribution in [0.1, 0.15) is 59.2 Å². The molecule has 1 unspecified atom stereocenters. The van der Waals surface area contributed by atoms with Crippen molar-refractivity contribution in [3.05, 3.63) is 70.3 Å². The van der Waals surface area contributed by atoms with E-state index in [0.29, 0.717) is 17.7 Å². The average molecular weight is 632 g/mol. The molecule has 242 valence electrons. The van der Waals surface area contributed by atoms with Crippen LogP contribution >= 0.6 is 0 Å². The lowest BCUT2D eigenvalue weighted by atomic mass is 9.77. The van der Waals surface area contributed by atoms with E-state index in [2.05, 4.69) is 0 Å². The minimum absolute atomic E-state index is 0.0185. The molecule has 0 spiro atoms. The fourth-order valence-corrected chi connectivity index (χ4v) is 6.60. The summed E-state index contributed by atoms with van der Waals surface area (Å²) in [6.07, 6.45) is -9.84. The number of hydrogen-bond donors (Lipinski definition) is 3. The Morgan fingerprint density at radius 2 is 1.55 bits per heavy atom. The van der Waals surface area contributed by atoms with Gasteiger partial charge in [0.1, 0.15) is 0 Å². The first kappa shape index (κ1) is 33.5. The van der Waals surface area contributed by atoms with E-state index in [0.717, 1.165) is 10.5 Å². The highest BCUT2D eigenvalue weighted by Gasteiger charge is 2.56. The maximum Gasteiger partial charge on any atom is 0.416 e. The van der Waals surface area contributed by atoms with E-state index in [4.69, 9.17) is 0 Å². The number of hydrogen-bond acceptors (Lipinski definition) is 5. The molecule has 0 bridgehead atoms. The summed E-state index contributed by atoms with van der Waals surface area (Å²) in [6, 6.07) is 4.39. The van der Waals surface area contributed by atoms with Crippen LogP contribution < -0.4 is 0 Å². The molecule has 0 saturated carbocycles. The predicted octanol–water partition coefficient (Wildman–Crippen LogP) is 4.53. The largest absolute Gasteiger partial charge is 0.416 e. The fraction of sp³-hybridized carbons (Fsp3) is 0.533. The van der Waals surface area contributed by atoms with Crippen molar-refractivity contribution in [2.75, 3.05) is 40.0 Å². The minimum Gasteiger partial charge on any atom is -0.396 e.